The summed E-state index contributed by atoms with van der Waals surface area (Å²) in [7, 11) is -0.669. The smallest absolute Gasteiger partial charge is 0.0965 e. The Balaban J connectivity index is 0.00000337. The van der Waals surface area contributed by atoms with Gasteiger partial charge in [-0.3, -0.25) is 0 Å². The average Bonchev–Trinajstić information content (AvgIpc) is 3.73. The molecule has 0 bridgehead atoms. The summed E-state index contributed by atoms with van der Waals surface area (Å²) < 4.78 is 0. The van der Waals surface area contributed by atoms with Crippen molar-refractivity contribution in [1.82, 2.24) is 0 Å². The Morgan fingerprint density at radius 2 is 1.15 bits per heavy atom. The van der Waals surface area contributed by atoms with E-state index in [0.29, 0.717) is 11.6 Å². The van der Waals surface area contributed by atoms with Gasteiger partial charge >= 0.3 is 17.1 Å². The molecule has 2 aromatic carbocycles. The van der Waals surface area contributed by atoms with E-state index in [9.17, 15) is 0 Å². The van der Waals surface area contributed by atoms with Crippen molar-refractivity contribution in [3.05, 3.63) is 123 Å². The fourth-order valence-corrected chi connectivity index (χ4v) is 14.9. The molecule has 0 heterocycles. The van der Waals surface area contributed by atoms with Gasteiger partial charge in [0.25, 0.3) is 0 Å². The zero-order valence-corrected chi connectivity index (χ0v) is 27.5. The molecule has 0 spiro atoms. The van der Waals surface area contributed by atoms with E-state index in [0.717, 1.165) is 11.3 Å². The topological polar surface area (TPSA) is 0 Å². The Labute approximate surface area is 266 Å². The van der Waals surface area contributed by atoms with Crippen LogP contribution in [0.25, 0.3) is 0 Å². The Morgan fingerprint density at radius 1 is 0.634 bits per heavy atom. The van der Waals surface area contributed by atoms with E-state index in [4.69, 9.17) is 0 Å². The third-order valence-electron chi connectivity index (χ3n) is 9.64. The first-order valence-corrected chi connectivity index (χ1v) is 18.8. The van der Waals surface area contributed by atoms with Crippen molar-refractivity contribution in [2.24, 2.45) is 5.92 Å². The summed E-state index contributed by atoms with van der Waals surface area (Å²) in [5.74, 6) is 3.84. The molecule has 0 amide bonds. The number of rotatable bonds is 10. The van der Waals surface area contributed by atoms with Crippen LogP contribution in [0.15, 0.2) is 60.7 Å². The molecule has 0 nitrogen and oxygen atoms in total. The Bertz CT molecular complexity index is 936. The molecule has 2 aromatic rings. The fraction of sp³-hybridized carbons (Fsp3) is 0.421. The summed E-state index contributed by atoms with van der Waals surface area (Å²) in [6.45, 7) is 2.51. The van der Waals surface area contributed by atoms with Gasteiger partial charge in [0.1, 0.15) is 0 Å². The van der Waals surface area contributed by atoms with Crippen LogP contribution in [0.1, 0.15) is 77.6 Å². The zero-order chi connectivity index (χ0) is 27.1. The minimum atomic E-state index is -0.581. The van der Waals surface area contributed by atoms with Crippen LogP contribution >= 0.6 is 15.8 Å². The van der Waals surface area contributed by atoms with Gasteiger partial charge in [-0.2, -0.15) is 0 Å². The second-order valence-electron chi connectivity index (χ2n) is 12.3. The summed E-state index contributed by atoms with van der Waals surface area (Å²) in [5.41, 5.74) is 4.22. The molecule has 0 N–H and O–H groups in total. The van der Waals surface area contributed by atoms with Crippen LogP contribution in [0.5, 0.6) is 0 Å². The first kappa shape index (κ1) is 32.2. The van der Waals surface area contributed by atoms with Gasteiger partial charge in [0, 0.05) is 5.66 Å². The van der Waals surface area contributed by atoms with Crippen LogP contribution in [0.2, 0.25) is 0 Å². The van der Waals surface area contributed by atoms with Crippen molar-refractivity contribution in [2.45, 2.75) is 94.5 Å². The standard InChI is InChI=1S/C38H46P2.Fe/c1-30(31-17-14-15-18-31)29-38(40(34-23-10-4-11-24-34)35-25-12-5-13-26-35)36-27-16-28-37(36)39(32-19-6-2-7-20-32)33-21-8-3-9-22-33;/h2-3,6-9,14-22,27-28,30,34-35,38H,4-5,10-13,23-26,29H2,1H3;/q;+2/t30-,38-;/m1./s1. The van der Waals surface area contributed by atoms with Crippen LogP contribution < -0.4 is 10.6 Å². The maximum absolute atomic E-state index is 2.57. The molecule has 0 saturated heterocycles. The first-order valence-electron chi connectivity index (χ1n) is 15.9. The summed E-state index contributed by atoms with van der Waals surface area (Å²) in [5, 5.41) is 2.97. The Hall–Kier alpha value is -0.181. The minimum Gasteiger partial charge on any atom is -0.0965 e. The number of hydrogen-bond acceptors (Lipinski definition) is 0. The van der Waals surface area contributed by atoms with Gasteiger partial charge in [0.05, 0.1) is 0 Å². The largest absolute Gasteiger partial charge is 2.00 e. The second-order valence-corrected chi connectivity index (χ2v) is 17.4. The number of hydrogen-bond donors (Lipinski definition) is 0. The van der Waals surface area contributed by atoms with Gasteiger partial charge in [-0.25, -0.2) is 0 Å². The molecule has 2 atom stereocenters. The van der Waals surface area contributed by atoms with E-state index < -0.39 is 7.92 Å². The van der Waals surface area contributed by atoms with Crippen LogP contribution in [0, 0.1) is 68.4 Å². The van der Waals surface area contributed by atoms with Crippen molar-refractivity contribution in [2.75, 3.05) is 0 Å². The summed E-state index contributed by atoms with van der Waals surface area (Å²) in [6.07, 6.45) is 32.6. The number of benzene rings is 2. The Morgan fingerprint density at radius 3 is 1.66 bits per heavy atom. The van der Waals surface area contributed by atoms with Crippen LogP contribution in [0.3, 0.4) is 0 Å². The maximum Gasteiger partial charge on any atom is 2.00 e. The van der Waals surface area contributed by atoms with Gasteiger partial charge in [0.15, 0.2) is 0 Å². The van der Waals surface area contributed by atoms with Gasteiger partial charge in [-0.15, -0.1) is 0 Å². The normalized spacial score (nSPS) is 23.7. The molecule has 0 aromatic heterocycles. The predicted molar refractivity (Wildman–Crippen MR) is 177 cm³/mol. The minimum absolute atomic E-state index is 0. The van der Waals surface area contributed by atoms with E-state index in [1.807, 2.05) is 0 Å². The van der Waals surface area contributed by atoms with Crippen molar-refractivity contribution in [3.8, 4) is 0 Å². The van der Waals surface area contributed by atoms with Gasteiger partial charge in [-0.05, 0) is 130 Å². The van der Waals surface area contributed by atoms with Crippen molar-refractivity contribution in [1.29, 1.82) is 0 Å². The quantitative estimate of drug-likeness (QED) is 0.183. The summed E-state index contributed by atoms with van der Waals surface area (Å²) in [4.78, 5) is 0. The zero-order valence-electron chi connectivity index (χ0n) is 24.7. The molecule has 0 unspecified atom stereocenters. The third-order valence-corrected chi connectivity index (χ3v) is 16.1. The third kappa shape index (κ3) is 7.92. The molecule has 214 valence electrons. The van der Waals surface area contributed by atoms with E-state index in [1.165, 1.54) is 87.2 Å². The average molecular weight is 621 g/mol. The molecular weight excluding hydrogens is 574 g/mol. The molecule has 6 rings (SSSR count). The molecule has 0 aliphatic heterocycles. The van der Waals surface area contributed by atoms with Crippen LogP contribution in [-0.2, 0) is 17.1 Å². The van der Waals surface area contributed by atoms with Gasteiger partial charge in [0.2, 0.25) is 0 Å². The SMILES string of the molecule is C[C@H](C[C@H]([C]1[CH][CH][CH][C]1P(c1ccccc1)c1ccccc1)P(C1CCCCC1)C1CCCCC1)[C]1[CH][CH][CH][CH]1.[Fe+2]. The molecule has 4 saturated carbocycles. The fourth-order valence-electron chi connectivity index (χ4n) is 7.65. The van der Waals surface area contributed by atoms with E-state index in [-0.39, 0.29) is 25.0 Å². The van der Waals surface area contributed by atoms with Gasteiger partial charge in [-0.1, -0.05) is 114 Å². The van der Waals surface area contributed by atoms with Crippen molar-refractivity contribution >= 4 is 26.5 Å². The molecule has 10 radical (unpaired) electrons. The summed E-state index contributed by atoms with van der Waals surface area (Å²) >= 11 is 0. The Kier molecular flexibility index (Phi) is 12.7. The summed E-state index contributed by atoms with van der Waals surface area (Å²) in [6, 6.07) is 22.8. The maximum atomic E-state index is 2.57. The first-order chi connectivity index (χ1) is 19.8. The molecule has 3 heteroatoms. The van der Waals surface area contributed by atoms with Crippen molar-refractivity contribution < 1.29 is 17.1 Å². The molecule has 4 aliphatic carbocycles. The van der Waals surface area contributed by atoms with Crippen LogP contribution in [0.4, 0.5) is 0 Å². The van der Waals surface area contributed by atoms with E-state index >= 15 is 0 Å². The van der Waals surface area contributed by atoms with E-state index in [1.54, 1.807) is 11.6 Å². The molecule has 41 heavy (non-hydrogen) atoms. The molecule has 4 fully saturated rings. The van der Waals surface area contributed by atoms with Crippen molar-refractivity contribution in [3.63, 3.8) is 0 Å². The van der Waals surface area contributed by atoms with E-state index in [2.05, 4.69) is 113 Å². The monoisotopic (exact) mass is 620 g/mol. The second kappa shape index (κ2) is 16.2. The molecule has 4 aliphatic rings. The molecular formula is C38H46FeP2+2. The van der Waals surface area contributed by atoms with Gasteiger partial charge < -0.3 is 0 Å². The van der Waals surface area contributed by atoms with Crippen LogP contribution in [-0.4, -0.2) is 17.0 Å². The predicted octanol–water partition coefficient (Wildman–Crippen LogP) is 9.80.